The summed E-state index contributed by atoms with van der Waals surface area (Å²) in [6.45, 7) is 0. The molecule has 0 heteroatoms. The lowest BCUT2D eigenvalue weighted by atomic mass is 9.84. The molecular weight excluding hydrogens is 781 g/mol. The summed E-state index contributed by atoms with van der Waals surface area (Å²) in [7, 11) is 0. The van der Waals surface area contributed by atoms with Crippen molar-refractivity contribution >= 4 is 21.5 Å². The van der Waals surface area contributed by atoms with Gasteiger partial charge in [-0.25, -0.2) is 0 Å². The maximum atomic E-state index is 2.58. The summed E-state index contributed by atoms with van der Waals surface area (Å²) in [4.78, 5) is 0. The Morgan fingerprint density at radius 1 is 0.200 bits per heavy atom. The molecule has 302 valence electrons. The van der Waals surface area contributed by atoms with Gasteiger partial charge < -0.3 is 0 Å². The van der Waals surface area contributed by atoms with Gasteiger partial charge in [-0.3, -0.25) is 0 Å². The van der Waals surface area contributed by atoms with Crippen LogP contribution in [0, 0.1) is 0 Å². The van der Waals surface area contributed by atoms with E-state index in [0.717, 1.165) is 0 Å². The minimum absolute atomic E-state index is 0.113. The zero-order valence-electron chi connectivity index (χ0n) is 35.7. The summed E-state index contributed by atoms with van der Waals surface area (Å²) in [5.41, 5.74) is 25.4. The van der Waals surface area contributed by atoms with E-state index in [-0.39, 0.29) is 17.8 Å². The van der Waals surface area contributed by atoms with Crippen LogP contribution in [0.3, 0.4) is 0 Å². The highest BCUT2D eigenvalue weighted by Gasteiger charge is 2.37. The number of fused-ring (bicyclic) bond motifs is 11. The van der Waals surface area contributed by atoms with Crippen LogP contribution in [0.2, 0.25) is 0 Å². The van der Waals surface area contributed by atoms with Crippen molar-refractivity contribution in [2.45, 2.75) is 17.8 Å². The van der Waals surface area contributed by atoms with Gasteiger partial charge in [0.25, 0.3) is 0 Å². The fourth-order valence-corrected chi connectivity index (χ4v) is 12.0. The predicted molar refractivity (Wildman–Crippen MR) is 271 cm³/mol. The lowest BCUT2D eigenvalue weighted by Gasteiger charge is -2.19. The van der Waals surface area contributed by atoms with Crippen molar-refractivity contribution in [2.24, 2.45) is 0 Å². The molecule has 3 atom stereocenters. The molecule has 0 N–H and O–H groups in total. The normalized spacial score (nSPS) is 16.2. The quantitative estimate of drug-likeness (QED) is 0.162. The average molecular weight is 823 g/mol. The van der Waals surface area contributed by atoms with Crippen LogP contribution in [0.25, 0.3) is 77.2 Å². The van der Waals surface area contributed by atoms with E-state index in [0.29, 0.717) is 0 Å². The van der Waals surface area contributed by atoms with E-state index in [2.05, 4.69) is 237 Å². The van der Waals surface area contributed by atoms with Gasteiger partial charge >= 0.3 is 0 Å². The Morgan fingerprint density at radius 2 is 0.677 bits per heavy atom. The van der Waals surface area contributed by atoms with E-state index in [1.807, 2.05) is 0 Å². The lowest BCUT2D eigenvalue weighted by molar-refractivity contribution is 0.983. The van der Waals surface area contributed by atoms with Gasteiger partial charge in [-0.05, 0) is 145 Å². The van der Waals surface area contributed by atoms with Gasteiger partial charge in [-0.15, -0.1) is 0 Å². The van der Waals surface area contributed by atoms with Gasteiger partial charge in [0.05, 0.1) is 0 Å². The third kappa shape index (κ3) is 5.57. The molecule has 3 aliphatic carbocycles. The highest BCUT2D eigenvalue weighted by Crippen LogP contribution is 2.57. The second-order valence-corrected chi connectivity index (χ2v) is 18.3. The zero-order valence-corrected chi connectivity index (χ0v) is 35.7. The molecule has 11 aromatic carbocycles. The Bertz CT molecular complexity index is 3720. The van der Waals surface area contributed by atoms with Gasteiger partial charge in [0.1, 0.15) is 0 Å². The van der Waals surface area contributed by atoms with Crippen molar-refractivity contribution in [1.82, 2.24) is 0 Å². The van der Waals surface area contributed by atoms with Crippen LogP contribution in [0.5, 0.6) is 0 Å². The first-order valence-electron chi connectivity index (χ1n) is 23.0. The summed E-state index contributed by atoms with van der Waals surface area (Å²) in [5, 5.41) is 5.16. The summed E-state index contributed by atoms with van der Waals surface area (Å²) in [6.07, 6.45) is 0. The molecule has 0 radical (unpaired) electrons. The number of benzene rings is 11. The Balaban J connectivity index is 0.928. The molecule has 0 saturated heterocycles. The fraction of sp³-hybridized carbons (Fsp3) is 0.0462. The van der Waals surface area contributed by atoms with Crippen molar-refractivity contribution in [3.05, 3.63) is 287 Å². The Hall–Kier alpha value is -8.06. The first-order valence-corrected chi connectivity index (χ1v) is 23.0. The molecular formula is C65H42. The molecule has 3 aliphatic rings. The molecule has 0 fully saturated rings. The van der Waals surface area contributed by atoms with E-state index in [4.69, 9.17) is 0 Å². The van der Waals surface area contributed by atoms with Crippen molar-refractivity contribution in [3.63, 3.8) is 0 Å². The second-order valence-electron chi connectivity index (χ2n) is 18.3. The predicted octanol–water partition coefficient (Wildman–Crippen LogP) is 16.8. The summed E-state index contributed by atoms with van der Waals surface area (Å²) in [5.74, 6) is 0.452. The minimum atomic E-state index is 0.113. The van der Waals surface area contributed by atoms with Gasteiger partial charge in [0.15, 0.2) is 0 Å². The van der Waals surface area contributed by atoms with Crippen LogP contribution >= 0.6 is 0 Å². The van der Waals surface area contributed by atoms with Gasteiger partial charge in [-0.2, -0.15) is 0 Å². The molecule has 0 aromatic heterocycles. The molecule has 0 spiro atoms. The van der Waals surface area contributed by atoms with Crippen LogP contribution < -0.4 is 0 Å². The molecule has 0 aliphatic heterocycles. The SMILES string of the molecule is c1ccc(-c2ccc(C3c4ccccc4-c4cc5c(cc43)C(c3ccc4ccccc4c3)c3ccc(-c4ccc6c(c4)-c4ccccc4C6c4cccc6ccccc46)cc3-5)cc2)cc1. The molecule has 0 nitrogen and oxygen atoms in total. The first-order chi connectivity index (χ1) is 32.2. The molecule has 11 aromatic rings. The molecule has 0 saturated carbocycles. The average Bonchev–Trinajstić information content (AvgIpc) is 4.00. The van der Waals surface area contributed by atoms with Crippen LogP contribution in [0.1, 0.15) is 67.8 Å². The van der Waals surface area contributed by atoms with Crippen molar-refractivity contribution in [1.29, 1.82) is 0 Å². The van der Waals surface area contributed by atoms with Crippen LogP contribution in [-0.2, 0) is 0 Å². The van der Waals surface area contributed by atoms with Crippen LogP contribution in [0.15, 0.2) is 237 Å². The first kappa shape index (κ1) is 36.4. The smallest absolute Gasteiger partial charge is 0.0358 e. The van der Waals surface area contributed by atoms with Crippen LogP contribution in [-0.4, -0.2) is 0 Å². The lowest BCUT2D eigenvalue weighted by Crippen LogP contribution is -2.03. The molecule has 3 unspecified atom stereocenters. The number of rotatable bonds is 5. The van der Waals surface area contributed by atoms with Gasteiger partial charge in [-0.1, -0.05) is 218 Å². The number of hydrogen-bond acceptors (Lipinski definition) is 0. The van der Waals surface area contributed by atoms with E-state index in [1.54, 1.807) is 0 Å². The van der Waals surface area contributed by atoms with Gasteiger partial charge in [0, 0.05) is 17.8 Å². The third-order valence-electron chi connectivity index (χ3n) is 14.9. The highest BCUT2D eigenvalue weighted by atomic mass is 14.4. The highest BCUT2D eigenvalue weighted by molar-refractivity contribution is 5.95. The van der Waals surface area contributed by atoms with E-state index in [9.17, 15) is 0 Å². The molecule has 14 rings (SSSR count). The number of hydrogen-bond donors (Lipinski definition) is 0. The van der Waals surface area contributed by atoms with Crippen molar-refractivity contribution in [2.75, 3.05) is 0 Å². The molecule has 0 bridgehead atoms. The minimum Gasteiger partial charge on any atom is -0.0622 e. The maximum absolute atomic E-state index is 2.58. The van der Waals surface area contributed by atoms with Crippen molar-refractivity contribution < 1.29 is 0 Å². The Kier molecular flexibility index (Phi) is 7.97. The molecule has 65 heavy (non-hydrogen) atoms. The molecule has 0 amide bonds. The fourth-order valence-electron chi connectivity index (χ4n) is 12.0. The largest absolute Gasteiger partial charge is 0.0622 e. The zero-order chi connectivity index (χ0) is 42.6. The summed E-state index contributed by atoms with van der Waals surface area (Å²) >= 11 is 0. The molecule has 0 heterocycles. The summed E-state index contributed by atoms with van der Waals surface area (Å²) in [6, 6.07) is 89.3. The standard InChI is InChI=1S/C65H42/c1-2-13-40(14-3-1)42-25-28-44(29-26-42)63-53-22-10-8-20-50(53)59-38-60-58-37-47(31-33-55(58)64(62(60)39-61(59)63)48-30-27-41-15-4-5-17-45(41)35-48)46-32-34-56-57(36-46)51-21-9-11-23-54(51)65(56)52-24-12-18-43-16-6-7-19-49(43)52/h1-39,63-65H. The van der Waals surface area contributed by atoms with E-state index in [1.165, 1.54) is 127 Å². The van der Waals surface area contributed by atoms with E-state index < -0.39 is 0 Å². The Morgan fingerprint density at radius 3 is 1.43 bits per heavy atom. The maximum Gasteiger partial charge on any atom is 0.0358 e. The monoisotopic (exact) mass is 822 g/mol. The van der Waals surface area contributed by atoms with Crippen molar-refractivity contribution in [3.8, 4) is 55.6 Å². The van der Waals surface area contributed by atoms with E-state index >= 15 is 0 Å². The summed E-state index contributed by atoms with van der Waals surface area (Å²) < 4.78 is 0. The topological polar surface area (TPSA) is 0 Å². The Labute approximate surface area is 379 Å². The second kappa shape index (κ2) is 14.2. The van der Waals surface area contributed by atoms with Gasteiger partial charge in [0.2, 0.25) is 0 Å². The third-order valence-corrected chi connectivity index (χ3v) is 14.9. The van der Waals surface area contributed by atoms with Crippen LogP contribution in [0.4, 0.5) is 0 Å².